The van der Waals surface area contributed by atoms with E-state index in [1.807, 2.05) is 13.8 Å². The number of nitrogens with zero attached hydrogens (tertiary/aromatic N) is 2. The number of nitro groups is 1. The van der Waals surface area contributed by atoms with Crippen molar-refractivity contribution in [2.75, 3.05) is 4.90 Å². The minimum absolute atomic E-state index is 0.0252. The number of rotatable bonds is 5. The maximum atomic E-state index is 13.6. The second-order valence-electron chi connectivity index (χ2n) is 6.10. The van der Waals surface area contributed by atoms with Gasteiger partial charge in [0.05, 0.1) is 21.1 Å². The quantitative estimate of drug-likeness (QED) is 0.438. The van der Waals surface area contributed by atoms with E-state index in [1.54, 1.807) is 0 Å². The third-order valence-corrected chi connectivity index (χ3v) is 4.91. The van der Waals surface area contributed by atoms with Gasteiger partial charge in [-0.3, -0.25) is 19.7 Å². The first-order valence-corrected chi connectivity index (χ1v) is 8.97. The molecule has 1 aliphatic rings. The van der Waals surface area contributed by atoms with Crippen molar-refractivity contribution in [3.8, 4) is 0 Å². The molecule has 0 atom stereocenters. The third-order valence-electron chi connectivity index (χ3n) is 3.83. The molecule has 0 saturated heterocycles. The Balaban J connectivity index is 2.09. The molecule has 3 rings (SSSR count). The Labute approximate surface area is 158 Å². The van der Waals surface area contributed by atoms with E-state index in [-0.39, 0.29) is 27.1 Å². The number of anilines is 1. The summed E-state index contributed by atoms with van der Waals surface area (Å²) < 4.78 is 13.6. The maximum absolute atomic E-state index is 13.6. The van der Waals surface area contributed by atoms with E-state index in [1.165, 1.54) is 54.2 Å². The summed E-state index contributed by atoms with van der Waals surface area (Å²) in [7, 11) is 0. The van der Waals surface area contributed by atoms with E-state index < -0.39 is 22.6 Å². The van der Waals surface area contributed by atoms with Gasteiger partial charge in [0.1, 0.15) is 5.82 Å². The van der Waals surface area contributed by atoms with Crippen molar-refractivity contribution in [2.45, 2.75) is 19.1 Å². The van der Waals surface area contributed by atoms with Gasteiger partial charge in [-0.15, -0.1) is 11.8 Å². The minimum atomic E-state index is -0.581. The largest absolute Gasteiger partial charge is 0.272 e. The zero-order chi connectivity index (χ0) is 19.7. The molecule has 8 heteroatoms. The van der Waals surface area contributed by atoms with Crippen LogP contribution in [-0.4, -0.2) is 22.0 Å². The lowest BCUT2D eigenvalue weighted by atomic mass is 10.1. The minimum Gasteiger partial charge on any atom is -0.268 e. The summed E-state index contributed by atoms with van der Waals surface area (Å²) in [6.45, 7) is 3.77. The molecular formula is C19H15FN2O4S. The second kappa shape index (κ2) is 7.32. The molecule has 2 aromatic rings. The van der Waals surface area contributed by atoms with Gasteiger partial charge in [-0.25, -0.2) is 9.29 Å². The molecule has 27 heavy (non-hydrogen) atoms. The Morgan fingerprint density at radius 1 is 1.07 bits per heavy atom. The number of benzene rings is 2. The number of imide groups is 1. The summed E-state index contributed by atoms with van der Waals surface area (Å²) in [6, 6.07) is 10.7. The van der Waals surface area contributed by atoms with Crippen molar-refractivity contribution in [2.24, 2.45) is 0 Å². The SMILES string of the molecule is CC(C)SC1=C(c2ccc([N+](=O)[O-])cc2)C(=O)N(c2cccc(F)c2)C1=O. The third kappa shape index (κ3) is 3.61. The molecule has 0 fully saturated rings. The van der Waals surface area contributed by atoms with Crippen LogP contribution in [0, 0.1) is 15.9 Å². The van der Waals surface area contributed by atoms with Crippen LogP contribution in [0.5, 0.6) is 0 Å². The zero-order valence-electron chi connectivity index (χ0n) is 14.5. The summed E-state index contributed by atoms with van der Waals surface area (Å²) >= 11 is 1.23. The van der Waals surface area contributed by atoms with Gasteiger partial charge in [0.2, 0.25) is 0 Å². The lowest BCUT2D eigenvalue weighted by Gasteiger charge is -2.15. The van der Waals surface area contributed by atoms with Crippen molar-refractivity contribution in [1.29, 1.82) is 0 Å². The fraction of sp³-hybridized carbons (Fsp3) is 0.158. The molecular weight excluding hydrogens is 371 g/mol. The Hall–Kier alpha value is -3.00. The summed E-state index contributed by atoms with van der Waals surface area (Å²) in [6.07, 6.45) is 0. The van der Waals surface area contributed by atoms with E-state index in [4.69, 9.17) is 0 Å². The molecule has 2 aromatic carbocycles. The molecule has 0 saturated carbocycles. The first kappa shape index (κ1) is 18.8. The average Bonchev–Trinajstić information content (AvgIpc) is 2.84. The van der Waals surface area contributed by atoms with Gasteiger partial charge in [0.15, 0.2) is 0 Å². The van der Waals surface area contributed by atoms with Gasteiger partial charge >= 0.3 is 0 Å². The summed E-state index contributed by atoms with van der Waals surface area (Å²) in [5.41, 5.74) is 0.596. The molecule has 0 bridgehead atoms. The van der Waals surface area contributed by atoms with Crippen LogP contribution in [0.25, 0.3) is 5.57 Å². The van der Waals surface area contributed by atoms with Crippen molar-refractivity contribution in [1.82, 2.24) is 0 Å². The Kier molecular flexibility index (Phi) is 5.09. The van der Waals surface area contributed by atoms with Crippen LogP contribution in [0.2, 0.25) is 0 Å². The highest BCUT2D eigenvalue weighted by Gasteiger charge is 2.40. The molecule has 0 N–H and O–H groups in total. The summed E-state index contributed by atoms with van der Waals surface area (Å²) in [4.78, 5) is 37.4. The van der Waals surface area contributed by atoms with Crippen molar-refractivity contribution >= 4 is 40.5 Å². The van der Waals surface area contributed by atoms with Gasteiger partial charge in [-0.2, -0.15) is 0 Å². The lowest BCUT2D eigenvalue weighted by Crippen LogP contribution is -2.31. The van der Waals surface area contributed by atoms with Crippen LogP contribution in [0.4, 0.5) is 15.8 Å². The number of non-ortho nitro benzene ring substituents is 1. The highest BCUT2D eigenvalue weighted by molar-refractivity contribution is 8.04. The van der Waals surface area contributed by atoms with E-state index >= 15 is 0 Å². The number of halogens is 1. The van der Waals surface area contributed by atoms with Crippen LogP contribution in [-0.2, 0) is 9.59 Å². The molecule has 2 amide bonds. The molecule has 6 nitrogen and oxygen atoms in total. The second-order valence-corrected chi connectivity index (χ2v) is 7.69. The standard InChI is InChI=1S/C19H15FN2O4S/c1-11(2)27-17-16(12-6-8-14(9-7-12)22(25)26)18(23)21(19(17)24)15-5-3-4-13(20)10-15/h3-11H,1-2H3. The van der Waals surface area contributed by atoms with Crippen LogP contribution in [0.15, 0.2) is 53.4 Å². The van der Waals surface area contributed by atoms with Crippen LogP contribution >= 0.6 is 11.8 Å². The highest BCUT2D eigenvalue weighted by Crippen LogP contribution is 2.40. The van der Waals surface area contributed by atoms with Crippen molar-refractivity contribution in [3.63, 3.8) is 0 Å². The van der Waals surface area contributed by atoms with E-state index in [2.05, 4.69) is 0 Å². The van der Waals surface area contributed by atoms with Crippen LogP contribution < -0.4 is 4.90 Å². The van der Waals surface area contributed by atoms with Gasteiger partial charge < -0.3 is 0 Å². The van der Waals surface area contributed by atoms with Gasteiger partial charge in [-0.1, -0.05) is 19.9 Å². The number of thioether (sulfide) groups is 1. The van der Waals surface area contributed by atoms with Crippen molar-refractivity contribution in [3.05, 3.63) is 74.9 Å². The van der Waals surface area contributed by atoms with Gasteiger partial charge in [-0.05, 0) is 35.9 Å². The normalized spacial score (nSPS) is 14.4. The summed E-state index contributed by atoms with van der Waals surface area (Å²) in [5, 5.41) is 10.9. The molecule has 0 aliphatic carbocycles. The smallest absolute Gasteiger partial charge is 0.268 e. The fourth-order valence-corrected chi connectivity index (χ4v) is 3.70. The van der Waals surface area contributed by atoms with E-state index in [0.717, 1.165) is 11.0 Å². The zero-order valence-corrected chi connectivity index (χ0v) is 15.3. The predicted octanol–water partition coefficient (Wildman–Crippen LogP) is 4.16. The number of hydrogen-bond donors (Lipinski definition) is 0. The number of hydrogen-bond acceptors (Lipinski definition) is 5. The molecule has 0 radical (unpaired) electrons. The Morgan fingerprint density at radius 3 is 2.30 bits per heavy atom. The highest BCUT2D eigenvalue weighted by atomic mass is 32.2. The van der Waals surface area contributed by atoms with Crippen LogP contribution in [0.1, 0.15) is 19.4 Å². The topological polar surface area (TPSA) is 80.5 Å². The Bertz CT molecular complexity index is 970. The van der Waals surface area contributed by atoms with Crippen LogP contribution in [0.3, 0.4) is 0 Å². The molecule has 1 heterocycles. The molecule has 0 unspecified atom stereocenters. The molecule has 0 aromatic heterocycles. The average molecular weight is 386 g/mol. The number of carbonyl (C=O) groups excluding carboxylic acids is 2. The number of nitro benzene ring substituents is 1. The molecule has 0 spiro atoms. The fourth-order valence-electron chi connectivity index (χ4n) is 2.71. The number of carbonyl (C=O) groups is 2. The molecule has 138 valence electrons. The van der Waals surface area contributed by atoms with Gasteiger partial charge in [0.25, 0.3) is 17.5 Å². The predicted molar refractivity (Wildman–Crippen MR) is 102 cm³/mol. The first-order valence-electron chi connectivity index (χ1n) is 8.09. The maximum Gasteiger partial charge on any atom is 0.272 e. The number of amides is 2. The Morgan fingerprint density at radius 2 is 1.74 bits per heavy atom. The van der Waals surface area contributed by atoms with Gasteiger partial charge in [0, 0.05) is 17.4 Å². The van der Waals surface area contributed by atoms with Crippen molar-refractivity contribution < 1.29 is 18.9 Å². The van der Waals surface area contributed by atoms with E-state index in [0.29, 0.717) is 5.56 Å². The lowest BCUT2D eigenvalue weighted by molar-refractivity contribution is -0.384. The monoisotopic (exact) mass is 386 g/mol. The summed E-state index contributed by atoms with van der Waals surface area (Å²) in [5.74, 6) is -1.67. The van der Waals surface area contributed by atoms with E-state index in [9.17, 15) is 24.1 Å². The molecule has 1 aliphatic heterocycles. The first-order chi connectivity index (χ1) is 12.8.